The Morgan fingerprint density at radius 3 is 2.49 bits per heavy atom. The van der Waals surface area contributed by atoms with Crippen LogP contribution in [0.3, 0.4) is 0 Å². The maximum absolute atomic E-state index is 12.2. The van der Waals surface area contributed by atoms with Crippen molar-refractivity contribution >= 4 is 35.3 Å². The van der Waals surface area contributed by atoms with Gasteiger partial charge in [0.1, 0.15) is 23.9 Å². The van der Waals surface area contributed by atoms with Crippen LogP contribution in [-0.2, 0) is 6.54 Å². The summed E-state index contributed by atoms with van der Waals surface area (Å²) in [5.74, 6) is -0.406. The Hall–Kier alpha value is -3.47. The van der Waals surface area contributed by atoms with Crippen molar-refractivity contribution in [3.63, 3.8) is 0 Å². The van der Waals surface area contributed by atoms with E-state index in [1.807, 2.05) is 6.92 Å². The molecule has 37 heavy (non-hydrogen) atoms. The summed E-state index contributed by atoms with van der Waals surface area (Å²) in [6.45, 7) is 3.01. The lowest BCUT2D eigenvalue weighted by Gasteiger charge is -2.13. The van der Waals surface area contributed by atoms with Gasteiger partial charge in [0.2, 0.25) is 0 Å². The molecule has 0 aliphatic heterocycles. The Morgan fingerprint density at radius 2 is 1.84 bits per heavy atom. The van der Waals surface area contributed by atoms with Crippen molar-refractivity contribution in [2.75, 3.05) is 13.2 Å². The molecule has 7 nitrogen and oxygen atoms in total. The maximum Gasteiger partial charge on any atom is 0.573 e. The summed E-state index contributed by atoms with van der Waals surface area (Å²) >= 11 is 12.2. The van der Waals surface area contributed by atoms with Crippen LogP contribution < -0.4 is 20.2 Å². The van der Waals surface area contributed by atoms with Crippen LogP contribution in [0.25, 0.3) is 0 Å². The fraction of sp³-hybridized carbons (Fsp3) is 0.200. The number of halogens is 5. The number of carbonyl (C=O) groups excluding carboxylic acids is 1. The third-order valence-corrected chi connectivity index (χ3v) is 5.44. The first kappa shape index (κ1) is 28.1. The molecule has 3 rings (SSSR count). The number of hydrogen-bond donors (Lipinski definition) is 3. The van der Waals surface area contributed by atoms with Crippen molar-refractivity contribution in [1.82, 2.24) is 10.7 Å². The first-order valence-electron chi connectivity index (χ1n) is 10.8. The molecule has 1 amide bonds. The van der Waals surface area contributed by atoms with Gasteiger partial charge in [0.15, 0.2) is 0 Å². The van der Waals surface area contributed by atoms with Crippen LogP contribution in [-0.4, -0.2) is 36.7 Å². The van der Waals surface area contributed by atoms with Crippen molar-refractivity contribution in [2.45, 2.75) is 19.8 Å². The monoisotopic (exact) mass is 559 g/mol. The molecule has 0 aromatic heterocycles. The molecule has 0 aliphatic carbocycles. The number of ether oxygens (including phenoxy) is 2. The van der Waals surface area contributed by atoms with Crippen LogP contribution in [0.4, 0.5) is 13.2 Å². The Labute approximate surface area is 223 Å². The molecule has 12 heteroatoms. The lowest BCUT2D eigenvalue weighted by Crippen LogP contribution is -2.21. The number of phenolic OH excluding ortho intramolecular Hbond substituents is 1. The third kappa shape index (κ3) is 8.85. The number of nitrogens with zero attached hydrogens (tertiary/aromatic N) is 1. The molecule has 3 aromatic rings. The van der Waals surface area contributed by atoms with E-state index >= 15 is 0 Å². The molecule has 0 atom stereocenters. The standard InChI is InChI=1S/C25H22Cl2F3N3O4.2H2/c1-15-10-17(14-32-33-24(35)18-4-7-22(34)20(26)12-18)11-21(27)23(15)36-9-8-31-13-16-2-5-19(6-3-16)37-25(28,29)30;;/h2-7,10-12,14,31,34H,8-9,13H2,1H3,(H,33,35);2*1H/b32-14+;;. The first-order valence-corrected chi connectivity index (χ1v) is 11.6. The van der Waals surface area contributed by atoms with Gasteiger partial charge in [-0.1, -0.05) is 35.3 Å². The van der Waals surface area contributed by atoms with E-state index in [1.54, 1.807) is 24.3 Å². The zero-order valence-electron chi connectivity index (χ0n) is 19.4. The topological polar surface area (TPSA) is 92.2 Å². The van der Waals surface area contributed by atoms with E-state index in [1.165, 1.54) is 36.5 Å². The molecule has 0 fully saturated rings. The molecule has 200 valence electrons. The molecule has 0 bridgehead atoms. The molecule has 0 radical (unpaired) electrons. The molecule has 0 spiro atoms. The zero-order chi connectivity index (χ0) is 27.0. The lowest BCUT2D eigenvalue weighted by molar-refractivity contribution is -0.274. The van der Waals surface area contributed by atoms with Crippen LogP contribution in [0.15, 0.2) is 59.7 Å². The summed E-state index contributed by atoms with van der Waals surface area (Å²) in [6.07, 6.45) is -3.30. The highest BCUT2D eigenvalue weighted by atomic mass is 35.5. The number of nitrogens with one attached hydrogen (secondary N) is 2. The molecule has 3 N–H and O–H groups in total. The van der Waals surface area contributed by atoms with Crippen molar-refractivity contribution in [3.8, 4) is 17.2 Å². The minimum Gasteiger partial charge on any atom is -0.506 e. The molecule has 0 aliphatic rings. The highest BCUT2D eigenvalue weighted by Crippen LogP contribution is 2.29. The summed E-state index contributed by atoms with van der Waals surface area (Å²) in [5.41, 5.74) is 4.78. The number of aryl methyl sites for hydroxylation is 1. The largest absolute Gasteiger partial charge is 0.573 e. The summed E-state index contributed by atoms with van der Waals surface area (Å²) in [7, 11) is 0. The van der Waals surface area contributed by atoms with Crippen molar-refractivity contribution in [3.05, 3.63) is 86.9 Å². The highest BCUT2D eigenvalue weighted by molar-refractivity contribution is 6.32. The quantitative estimate of drug-likeness (QED) is 0.153. The Balaban J connectivity index is 0.00000380. The van der Waals surface area contributed by atoms with Crippen LogP contribution in [0.5, 0.6) is 17.2 Å². The van der Waals surface area contributed by atoms with Gasteiger partial charge in [0.05, 0.1) is 16.3 Å². The van der Waals surface area contributed by atoms with Gasteiger partial charge in [0.25, 0.3) is 5.91 Å². The molecular weight excluding hydrogens is 534 g/mol. The molecule has 0 saturated heterocycles. The minimum absolute atomic E-state index is 0. The molecule has 3 aromatic carbocycles. The Kier molecular flexibility index (Phi) is 9.62. The van der Waals surface area contributed by atoms with E-state index in [9.17, 15) is 23.1 Å². The summed E-state index contributed by atoms with van der Waals surface area (Å²) in [5, 5.41) is 16.9. The normalized spacial score (nSPS) is 11.5. The van der Waals surface area contributed by atoms with Crippen LogP contribution in [0.1, 0.15) is 29.9 Å². The van der Waals surface area contributed by atoms with Gasteiger partial charge in [-0.2, -0.15) is 5.10 Å². The number of carbonyl (C=O) groups is 1. The first-order chi connectivity index (χ1) is 17.5. The second kappa shape index (κ2) is 12.7. The molecule has 0 saturated carbocycles. The number of aromatic hydroxyl groups is 1. The highest BCUT2D eigenvalue weighted by Gasteiger charge is 2.30. The number of phenols is 1. The second-order valence-corrected chi connectivity index (χ2v) is 8.55. The zero-order valence-corrected chi connectivity index (χ0v) is 20.9. The predicted octanol–water partition coefficient (Wildman–Crippen LogP) is 6.33. The van der Waals surface area contributed by atoms with Gasteiger partial charge in [-0.25, -0.2) is 5.43 Å². The van der Waals surface area contributed by atoms with Crippen molar-refractivity contribution in [1.29, 1.82) is 0 Å². The average Bonchev–Trinajstić information content (AvgIpc) is 2.82. The van der Waals surface area contributed by atoms with Crippen LogP contribution >= 0.6 is 23.2 Å². The maximum atomic E-state index is 12.2. The van der Waals surface area contributed by atoms with Crippen LogP contribution in [0, 0.1) is 6.92 Å². The van der Waals surface area contributed by atoms with E-state index in [0.717, 1.165) is 11.1 Å². The van der Waals surface area contributed by atoms with Gasteiger partial charge in [-0.05, 0) is 66.1 Å². The number of rotatable bonds is 10. The fourth-order valence-electron chi connectivity index (χ4n) is 3.16. The summed E-state index contributed by atoms with van der Waals surface area (Å²) in [6, 6.07) is 13.1. The number of benzene rings is 3. The number of amides is 1. The van der Waals surface area contributed by atoms with Gasteiger partial charge in [0, 0.05) is 21.5 Å². The fourth-order valence-corrected chi connectivity index (χ4v) is 3.67. The van der Waals surface area contributed by atoms with Gasteiger partial charge < -0.3 is 19.9 Å². The Bertz CT molecular complexity index is 1260. The lowest BCUT2D eigenvalue weighted by atomic mass is 10.1. The van der Waals surface area contributed by atoms with Gasteiger partial charge in [-0.3, -0.25) is 4.79 Å². The smallest absolute Gasteiger partial charge is 0.506 e. The van der Waals surface area contributed by atoms with Crippen molar-refractivity contribution in [2.24, 2.45) is 5.10 Å². The third-order valence-electron chi connectivity index (χ3n) is 4.85. The minimum atomic E-state index is -4.72. The molecular formula is C25H26Cl2F3N3O4. The Morgan fingerprint density at radius 1 is 1.11 bits per heavy atom. The van der Waals surface area contributed by atoms with E-state index in [2.05, 4.69) is 20.6 Å². The molecule has 0 unspecified atom stereocenters. The summed E-state index contributed by atoms with van der Waals surface area (Å²) < 4.78 is 46.3. The van der Waals surface area contributed by atoms with Gasteiger partial charge >= 0.3 is 6.36 Å². The van der Waals surface area contributed by atoms with E-state index in [-0.39, 0.29) is 24.9 Å². The SMILES string of the molecule is Cc1cc(/C=N/NC(=O)c2ccc(O)c(Cl)c2)cc(Cl)c1OCCNCc1ccc(OC(F)(F)F)cc1.[HH].[HH]. The second-order valence-electron chi connectivity index (χ2n) is 7.73. The van der Waals surface area contributed by atoms with Crippen molar-refractivity contribution < 1.29 is 35.4 Å². The number of alkyl halides is 3. The average molecular weight is 560 g/mol. The number of hydrazone groups is 1. The van der Waals surface area contributed by atoms with E-state index in [0.29, 0.717) is 36.0 Å². The van der Waals surface area contributed by atoms with E-state index in [4.69, 9.17) is 27.9 Å². The molecule has 0 heterocycles. The van der Waals surface area contributed by atoms with Crippen LogP contribution in [0.2, 0.25) is 10.0 Å². The summed E-state index contributed by atoms with van der Waals surface area (Å²) in [4.78, 5) is 12.1. The van der Waals surface area contributed by atoms with E-state index < -0.39 is 12.3 Å². The predicted molar refractivity (Wildman–Crippen MR) is 139 cm³/mol. The van der Waals surface area contributed by atoms with Gasteiger partial charge in [-0.15, -0.1) is 13.2 Å². The number of hydrogen-bond acceptors (Lipinski definition) is 6.